The molecule has 0 aromatic heterocycles. The fourth-order valence-corrected chi connectivity index (χ4v) is 7.38. The molecule has 3 nitrogen and oxygen atoms in total. The molecule has 0 amide bonds. The predicted molar refractivity (Wildman–Crippen MR) is 183 cm³/mol. The zero-order chi connectivity index (χ0) is 29.4. The van der Waals surface area contributed by atoms with E-state index < -0.39 is 24.4 Å². The maximum Gasteiger partial charge on any atom is 3.00 e. The maximum absolute atomic E-state index is 12.0. The summed E-state index contributed by atoms with van der Waals surface area (Å²) in [7, 11) is -4.26. The maximum atomic E-state index is 12.0. The Bertz CT molecular complexity index is 1240. The van der Waals surface area contributed by atoms with Gasteiger partial charge in [0.2, 0.25) is 0 Å². The first-order valence-electron chi connectivity index (χ1n) is 13.4. The molecule has 7 heteroatoms. The summed E-state index contributed by atoms with van der Waals surface area (Å²) in [6, 6.07) is 57.2. The minimum atomic E-state index is -1.42. The molecular weight excluding hydrogens is 600 g/mol. The molecule has 0 heterocycles. The molecule has 0 spiro atoms. The van der Waals surface area contributed by atoms with Crippen molar-refractivity contribution in [2.24, 2.45) is 0 Å². The second kappa shape index (κ2) is 19.3. The fourth-order valence-electron chi connectivity index (χ4n) is 3.83. The van der Waals surface area contributed by atoms with Crippen molar-refractivity contribution in [3.8, 4) is 0 Å². The molecule has 0 aliphatic heterocycles. The third-order valence-electron chi connectivity index (χ3n) is 5.94. The molecule has 0 unspecified atom stereocenters. The van der Waals surface area contributed by atoms with Gasteiger partial charge in [0.15, 0.2) is 0 Å². The second-order valence-corrected chi connectivity index (χ2v) is 13.8. The molecular formula is C36H30AlO3P3. The second-order valence-electron chi connectivity index (χ2n) is 8.90. The van der Waals surface area contributed by atoms with Crippen molar-refractivity contribution in [2.75, 3.05) is 0 Å². The molecule has 0 N–H and O–H groups in total. The van der Waals surface area contributed by atoms with Gasteiger partial charge in [-0.15, -0.1) is 24.4 Å². The molecule has 6 aromatic carbocycles. The van der Waals surface area contributed by atoms with Crippen LogP contribution in [-0.4, -0.2) is 17.4 Å². The molecule has 0 aliphatic rings. The first-order chi connectivity index (χ1) is 20.6. The summed E-state index contributed by atoms with van der Waals surface area (Å²) >= 11 is 0. The van der Waals surface area contributed by atoms with Crippen LogP contribution < -0.4 is 46.5 Å². The molecule has 0 atom stereocenters. The third kappa shape index (κ3) is 11.2. The van der Waals surface area contributed by atoms with E-state index in [-0.39, 0.29) is 17.4 Å². The van der Waals surface area contributed by atoms with Gasteiger partial charge in [-0.05, 0) is 31.8 Å². The van der Waals surface area contributed by atoms with Gasteiger partial charge >= 0.3 is 17.4 Å². The van der Waals surface area contributed by atoms with E-state index in [4.69, 9.17) is 0 Å². The SMILES string of the molecule is [Al+3].[O-]P(c1ccccc1)c1ccccc1.[O-]P(c1ccccc1)c1ccccc1.[O-]P(c1ccccc1)c1ccccc1. The Kier molecular flexibility index (Phi) is 15.5. The Hall–Kier alpha value is -2.98. The van der Waals surface area contributed by atoms with Gasteiger partial charge in [-0.25, -0.2) is 0 Å². The van der Waals surface area contributed by atoms with E-state index in [1.807, 2.05) is 182 Å². The van der Waals surface area contributed by atoms with Gasteiger partial charge in [0.05, 0.1) is 0 Å². The first kappa shape index (κ1) is 34.5. The fraction of sp³-hybridized carbons (Fsp3) is 0. The molecule has 0 aliphatic carbocycles. The number of rotatable bonds is 6. The van der Waals surface area contributed by atoms with Crippen molar-refractivity contribution >= 4 is 73.6 Å². The summed E-state index contributed by atoms with van der Waals surface area (Å²) in [6.07, 6.45) is 0. The average Bonchev–Trinajstić information content (AvgIpc) is 3.10. The van der Waals surface area contributed by atoms with Gasteiger partial charge in [0, 0.05) is 0 Å². The van der Waals surface area contributed by atoms with Crippen LogP contribution in [0.4, 0.5) is 0 Å². The van der Waals surface area contributed by atoms with Crippen LogP contribution in [0.3, 0.4) is 0 Å². The van der Waals surface area contributed by atoms with Crippen LogP contribution in [0.2, 0.25) is 0 Å². The Morgan fingerprint density at radius 1 is 0.233 bits per heavy atom. The van der Waals surface area contributed by atoms with E-state index in [2.05, 4.69) is 0 Å². The molecule has 6 rings (SSSR count). The molecule has 0 saturated carbocycles. The molecule has 0 saturated heterocycles. The normalized spacial score (nSPS) is 10.2. The smallest absolute Gasteiger partial charge is 0.822 e. The van der Waals surface area contributed by atoms with Crippen molar-refractivity contribution in [3.63, 3.8) is 0 Å². The van der Waals surface area contributed by atoms with Gasteiger partial charge in [0.25, 0.3) is 0 Å². The zero-order valence-corrected chi connectivity index (χ0v) is 27.3. The van der Waals surface area contributed by atoms with Crippen LogP contribution in [0, 0.1) is 0 Å². The summed E-state index contributed by atoms with van der Waals surface area (Å²) in [4.78, 5) is 36.0. The summed E-state index contributed by atoms with van der Waals surface area (Å²) in [5.74, 6) is 0. The standard InChI is InChI=1S/3C12H10OP.Al/c3*13-14(11-7-3-1-4-8-11)12-9-5-2-6-10-12;/h3*1-10H;/q3*-1;+3. The van der Waals surface area contributed by atoms with Gasteiger partial charge in [-0.2, -0.15) is 0 Å². The molecule has 210 valence electrons. The van der Waals surface area contributed by atoms with Crippen molar-refractivity contribution in [2.45, 2.75) is 0 Å². The van der Waals surface area contributed by atoms with Gasteiger partial charge in [-0.3, -0.25) is 0 Å². The quantitative estimate of drug-likeness (QED) is 0.208. The van der Waals surface area contributed by atoms with Crippen molar-refractivity contribution < 1.29 is 14.7 Å². The van der Waals surface area contributed by atoms with Crippen LogP contribution in [0.15, 0.2) is 182 Å². The summed E-state index contributed by atoms with van der Waals surface area (Å²) < 4.78 is 0. The summed E-state index contributed by atoms with van der Waals surface area (Å²) in [5.41, 5.74) is 0. The monoisotopic (exact) mass is 630 g/mol. The minimum absolute atomic E-state index is 0. The Morgan fingerprint density at radius 2 is 0.349 bits per heavy atom. The zero-order valence-electron chi connectivity index (χ0n) is 23.5. The molecule has 43 heavy (non-hydrogen) atoms. The Labute approximate surface area is 269 Å². The van der Waals surface area contributed by atoms with Gasteiger partial charge < -0.3 is 14.7 Å². The minimum Gasteiger partial charge on any atom is -0.822 e. The van der Waals surface area contributed by atoms with Crippen molar-refractivity contribution in [1.82, 2.24) is 0 Å². The van der Waals surface area contributed by atoms with E-state index in [0.29, 0.717) is 0 Å². The van der Waals surface area contributed by atoms with Crippen LogP contribution in [0.1, 0.15) is 0 Å². The summed E-state index contributed by atoms with van der Waals surface area (Å²) in [6.45, 7) is 0. The van der Waals surface area contributed by atoms with Gasteiger partial charge in [-0.1, -0.05) is 182 Å². The average molecular weight is 631 g/mol. The third-order valence-corrected chi connectivity index (χ3v) is 10.5. The topological polar surface area (TPSA) is 69.2 Å². The molecule has 0 bridgehead atoms. The van der Waals surface area contributed by atoms with E-state index in [1.54, 1.807) is 0 Å². The molecule has 6 aromatic rings. The predicted octanol–water partition coefficient (Wildman–Crippen LogP) is 3.80. The number of hydrogen-bond acceptors (Lipinski definition) is 3. The largest absolute Gasteiger partial charge is 3.00 e. The Balaban J connectivity index is 0.000000175. The van der Waals surface area contributed by atoms with Crippen molar-refractivity contribution in [3.05, 3.63) is 182 Å². The van der Waals surface area contributed by atoms with Crippen molar-refractivity contribution in [1.29, 1.82) is 0 Å². The van der Waals surface area contributed by atoms with Crippen LogP contribution in [0.25, 0.3) is 0 Å². The summed E-state index contributed by atoms with van der Waals surface area (Å²) in [5, 5.41) is 5.30. The van der Waals surface area contributed by atoms with Crippen LogP contribution in [0.5, 0.6) is 0 Å². The van der Waals surface area contributed by atoms with E-state index >= 15 is 0 Å². The first-order valence-corrected chi connectivity index (χ1v) is 17.1. The molecule has 0 fully saturated rings. The Morgan fingerprint density at radius 3 is 0.465 bits per heavy atom. The van der Waals surface area contributed by atoms with Crippen LogP contribution in [-0.2, 0) is 0 Å². The van der Waals surface area contributed by atoms with E-state index in [1.165, 1.54) is 0 Å². The molecule has 0 radical (unpaired) electrons. The van der Waals surface area contributed by atoms with E-state index in [0.717, 1.165) is 31.8 Å². The van der Waals surface area contributed by atoms with Crippen LogP contribution >= 0.6 is 24.4 Å². The number of benzene rings is 6. The van der Waals surface area contributed by atoms with Gasteiger partial charge in [0.1, 0.15) is 0 Å². The van der Waals surface area contributed by atoms with E-state index in [9.17, 15) is 14.7 Å². The number of hydrogen-bond donors (Lipinski definition) is 0.